The lowest BCUT2D eigenvalue weighted by Crippen LogP contribution is -2.72. The molecule has 0 amide bonds. The van der Waals surface area contributed by atoms with Crippen molar-refractivity contribution >= 4 is 40.0 Å². The zero-order valence-corrected chi connectivity index (χ0v) is 19.0. The second-order valence-corrected chi connectivity index (χ2v) is 9.18. The van der Waals surface area contributed by atoms with E-state index in [0.29, 0.717) is 13.1 Å². The van der Waals surface area contributed by atoms with Crippen molar-refractivity contribution in [3.05, 3.63) is 18.5 Å². The number of nitrogens with one attached hydrogen (secondary N) is 2. The van der Waals surface area contributed by atoms with Crippen LogP contribution in [0.4, 0.5) is 0 Å². The molecule has 2 heterocycles. The molecule has 2 rings (SSSR count). The molecular formula is C16H30IN5O2S. The summed E-state index contributed by atoms with van der Waals surface area (Å²) in [5.41, 5.74) is 0.234. The molecule has 0 spiro atoms. The molecule has 0 radical (unpaired) electrons. The summed E-state index contributed by atoms with van der Waals surface area (Å²) in [5.74, 6) is 0.804. The van der Waals surface area contributed by atoms with Crippen LogP contribution in [-0.4, -0.2) is 56.1 Å². The number of rotatable bonds is 5. The Balaban J connectivity index is 0.00000312. The molecule has 0 unspecified atom stereocenters. The van der Waals surface area contributed by atoms with Crippen molar-refractivity contribution < 1.29 is 8.42 Å². The molecule has 1 aromatic rings. The molecule has 0 saturated carbocycles. The molecule has 144 valence electrons. The van der Waals surface area contributed by atoms with Gasteiger partial charge in [0, 0.05) is 57.1 Å². The lowest BCUT2D eigenvalue weighted by Gasteiger charge is -2.62. The van der Waals surface area contributed by atoms with Crippen LogP contribution in [-0.2, 0) is 17.1 Å². The summed E-state index contributed by atoms with van der Waals surface area (Å²) in [4.78, 5) is 6.82. The number of hydrogen-bond acceptors (Lipinski definition) is 3. The fourth-order valence-corrected chi connectivity index (χ4v) is 3.86. The molecule has 9 heteroatoms. The second kappa shape index (κ2) is 7.83. The van der Waals surface area contributed by atoms with E-state index in [2.05, 4.69) is 47.6 Å². The Labute approximate surface area is 168 Å². The topological polar surface area (TPSA) is 78.7 Å². The Bertz CT molecular complexity index is 725. The van der Waals surface area contributed by atoms with Gasteiger partial charge < -0.3 is 14.8 Å². The lowest BCUT2D eigenvalue weighted by molar-refractivity contribution is -0.0666. The molecule has 7 nitrogen and oxygen atoms in total. The minimum Gasteiger partial charge on any atom is -0.356 e. The number of sulfonamides is 1. The quantitative estimate of drug-likeness (QED) is 0.289. The lowest BCUT2D eigenvalue weighted by atomic mass is 9.65. The first-order valence-corrected chi connectivity index (χ1v) is 9.59. The maximum atomic E-state index is 12.2. The molecule has 1 aliphatic heterocycles. The van der Waals surface area contributed by atoms with E-state index < -0.39 is 10.0 Å². The van der Waals surface area contributed by atoms with Gasteiger partial charge in [-0.2, -0.15) is 0 Å². The smallest absolute Gasteiger partial charge is 0.242 e. The molecule has 0 bridgehead atoms. The van der Waals surface area contributed by atoms with Gasteiger partial charge in [0.2, 0.25) is 10.0 Å². The fourth-order valence-electron chi connectivity index (χ4n) is 2.78. The van der Waals surface area contributed by atoms with Crippen molar-refractivity contribution in [2.75, 3.05) is 26.7 Å². The van der Waals surface area contributed by atoms with Gasteiger partial charge in [0.1, 0.15) is 0 Å². The highest BCUT2D eigenvalue weighted by molar-refractivity contribution is 14.0. The van der Waals surface area contributed by atoms with Crippen molar-refractivity contribution in [3.8, 4) is 0 Å². The number of aliphatic imine (C=N–C) groups is 1. The van der Waals surface area contributed by atoms with Crippen LogP contribution in [0.2, 0.25) is 0 Å². The van der Waals surface area contributed by atoms with E-state index in [4.69, 9.17) is 0 Å². The Kier molecular flexibility index (Phi) is 6.96. The van der Waals surface area contributed by atoms with Gasteiger partial charge in [-0.05, 0) is 19.9 Å². The number of likely N-dealkylation sites (tertiary alicyclic amines) is 1. The van der Waals surface area contributed by atoms with Crippen LogP contribution in [0.3, 0.4) is 0 Å². The molecule has 2 N–H and O–H groups in total. The van der Waals surface area contributed by atoms with Crippen LogP contribution >= 0.6 is 24.0 Å². The summed E-state index contributed by atoms with van der Waals surface area (Å²) in [6.45, 7) is 10.6. The largest absolute Gasteiger partial charge is 0.356 e. The first-order valence-electron chi connectivity index (χ1n) is 8.11. The molecule has 1 saturated heterocycles. The summed E-state index contributed by atoms with van der Waals surface area (Å²) in [6, 6.07) is 1.58. The van der Waals surface area contributed by atoms with E-state index in [1.807, 2.05) is 0 Å². The van der Waals surface area contributed by atoms with E-state index >= 15 is 0 Å². The molecule has 1 fully saturated rings. The highest BCUT2D eigenvalue weighted by Gasteiger charge is 2.53. The van der Waals surface area contributed by atoms with Gasteiger partial charge in [-0.15, -0.1) is 24.0 Å². The van der Waals surface area contributed by atoms with E-state index in [1.54, 1.807) is 37.1 Å². The van der Waals surface area contributed by atoms with Gasteiger partial charge in [0.05, 0.1) is 4.90 Å². The number of aryl methyl sites for hydroxylation is 1. The maximum absolute atomic E-state index is 12.2. The maximum Gasteiger partial charge on any atom is 0.242 e. The molecule has 1 aromatic heterocycles. The average Bonchev–Trinajstić information content (AvgIpc) is 2.93. The van der Waals surface area contributed by atoms with Crippen LogP contribution in [0.5, 0.6) is 0 Å². The predicted molar refractivity (Wildman–Crippen MR) is 112 cm³/mol. The van der Waals surface area contributed by atoms with Gasteiger partial charge in [-0.25, -0.2) is 13.1 Å². The zero-order chi connectivity index (χ0) is 18.2. The number of nitrogens with zero attached hydrogens (tertiary/aromatic N) is 3. The van der Waals surface area contributed by atoms with Gasteiger partial charge in [-0.1, -0.05) is 13.8 Å². The van der Waals surface area contributed by atoms with Gasteiger partial charge >= 0.3 is 0 Å². The standard InChI is InChI=1S/C16H29N5O2S.HI/c1-15(2)12-21(16(15,3)4)14(17-5)18-8-9-19-24(22,23)13-7-10-20(6)11-13;/h7,10-11,19H,8-9,12H2,1-6H3,(H,17,18);1H. The van der Waals surface area contributed by atoms with E-state index in [0.717, 1.165) is 12.5 Å². The van der Waals surface area contributed by atoms with Crippen LogP contribution in [0.15, 0.2) is 28.3 Å². The molecule has 0 aromatic carbocycles. The summed E-state index contributed by atoms with van der Waals surface area (Å²) in [5, 5.41) is 3.24. The Morgan fingerprint density at radius 1 is 1.28 bits per heavy atom. The first kappa shape index (κ1) is 22.2. The molecule has 25 heavy (non-hydrogen) atoms. The summed E-state index contributed by atoms with van der Waals surface area (Å²) >= 11 is 0. The van der Waals surface area contributed by atoms with Crippen LogP contribution in [0.1, 0.15) is 27.7 Å². The summed E-state index contributed by atoms with van der Waals surface area (Å²) < 4.78 is 28.6. The van der Waals surface area contributed by atoms with E-state index in [1.165, 1.54) is 0 Å². The van der Waals surface area contributed by atoms with Gasteiger partial charge in [0.15, 0.2) is 5.96 Å². The van der Waals surface area contributed by atoms with E-state index in [-0.39, 0.29) is 39.8 Å². The number of halogens is 1. The van der Waals surface area contributed by atoms with Gasteiger partial charge in [0.25, 0.3) is 0 Å². The monoisotopic (exact) mass is 483 g/mol. The van der Waals surface area contributed by atoms with Crippen LogP contribution in [0, 0.1) is 5.41 Å². The molecule has 0 atom stereocenters. The Hall–Kier alpha value is -0.810. The van der Waals surface area contributed by atoms with Gasteiger partial charge in [-0.3, -0.25) is 4.99 Å². The average molecular weight is 483 g/mol. The second-order valence-electron chi connectivity index (χ2n) is 7.41. The Morgan fingerprint density at radius 2 is 1.92 bits per heavy atom. The third-order valence-electron chi connectivity index (χ3n) is 5.17. The van der Waals surface area contributed by atoms with E-state index in [9.17, 15) is 8.42 Å². The Morgan fingerprint density at radius 3 is 2.36 bits per heavy atom. The highest BCUT2D eigenvalue weighted by atomic mass is 127. The number of aromatic nitrogens is 1. The number of guanidine groups is 1. The molecular weight excluding hydrogens is 453 g/mol. The SMILES string of the molecule is CN=C(NCCNS(=O)(=O)c1ccn(C)c1)N1CC(C)(C)C1(C)C.I. The number of hydrogen-bond donors (Lipinski definition) is 2. The zero-order valence-electron chi connectivity index (χ0n) is 15.8. The van der Waals surface area contributed by atoms with Crippen LogP contribution in [0.25, 0.3) is 0 Å². The van der Waals surface area contributed by atoms with Crippen molar-refractivity contribution in [2.24, 2.45) is 17.5 Å². The molecule has 1 aliphatic rings. The molecule has 0 aliphatic carbocycles. The summed E-state index contributed by atoms with van der Waals surface area (Å²) in [7, 11) is 0.0788. The minimum atomic E-state index is -3.46. The summed E-state index contributed by atoms with van der Waals surface area (Å²) in [6.07, 6.45) is 3.29. The van der Waals surface area contributed by atoms with Crippen molar-refractivity contribution in [1.82, 2.24) is 19.5 Å². The third kappa shape index (κ3) is 4.48. The predicted octanol–water partition coefficient (Wildman–Crippen LogP) is 1.62. The minimum absolute atomic E-state index is 0. The van der Waals surface area contributed by atoms with Crippen molar-refractivity contribution in [1.29, 1.82) is 0 Å². The normalized spacial score (nSPS) is 19.1. The highest BCUT2D eigenvalue weighted by Crippen LogP contribution is 2.46. The fraction of sp³-hybridized carbons (Fsp3) is 0.688. The first-order chi connectivity index (χ1) is 11.0. The van der Waals surface area contributed by atoms with Crippen molar-refractivity contribution in [3.63, 3.8) is 0 Å². The van der Waals surface area contributed by atoms with Crippen molar-refractivity contribution in [2.45, 2.75) is 38.1 Å². The van der Waals surface area contributed by atoms with Crippen LogP contribution < -0.4 is 10.0 Å². The third-order valence-corrected chi connectivity index (χ3v) is 6.61.